The molecule has 2 aliphatic rings. The van der Waals surface area contributed by atoms with Gasteiger partial charge in [0.05, 0.1) is 6.04 Å². The highest BCUT2D eigenvalue weighted by Gasteiger charge is 2.29. The van der Waals surface area contributed by atoms with E-state index in [1.54, 1.807) is 23.2 Å². The largest absolute Gasteiger partial charge is 0.373 e. The first kappa shape index (κ1) is 25.5. The Bertz CT molecular complexity index is 1230. The van der Waals surface area contributed by atoms with Crippen molar-refractivity contribution in [2.24, 2.45) is 0 Å². The molecule has 194 valence electrons. The highest BCUT2D eigenvalue weighted by atomic mass is 19.1. The molecular formula is C31H32FN5O. The smallest absolute Gasteiger partial charge is 0.266 e. The summed E-state index contributed by atoms with van der Waals surface area (Å²) in [4.78, 5) is 21.7. The second-order valence-electron chi connectivity index (χ2n) is 9.71. The van der Waals surface area contributed by atoms with Crippen molar-refractivity contribution in [1.82, 2.24) is 14.7 Å². The number of hydrogen-bond donors (Lipinski definition) is 0. The first-order chi connectivity index (χ1) is 18.6. The second-order valence-corrected chi connectivity index (χ2v) is 9.71. The molecule has 0 spiro atoms. The van der Waals surface area contributed by atoms with Crippen molar-refractivity contribution in [2.75, 3.05) is 57.3 Å². The van der Waals surface area contributed by atoms with E-state index in [0.717, 1.165) is 31.9 Å². The van der Waals surface area contributed by atoms with Gasteiger partial charge in [-0.05, 0) is 35.4 Å². The van der Waals surface area contributed by atoms with Gasteiger partial charge in [0.2, 0.25) is 0 Å². The molecule has 0 N–H and O–H groups in total. The molecule has 0 unspecified atom stereocenters. The van der Waals surface area contributed by atoms with Crippen molar-refractivity contribution in [3.8, 4) is 6.07 Å². The minimum absolute atomic E-state index is 0.123. The molecule has 2 aliphatic heterocycles. The van der Waals surface area contributed by atoms with Crippen LogP contribution in [0, 0.1) is 17.1 Å². The van der Waals surface area contributed by atoms with E-state index in [1.165, 1.54) is 23.3 Å². The van der Waals surface area contributed by atoms with E-state index in [0.29, 0.717) is 26.2 Å². The zero-order valence-electron chi connectivity index (χ0n) is 21.4. The van der Waals surface area contributed by atoms with Gasteiger partial charge in [-0.2, -0.15) is 5.26 Å². The third kappa shape index (κ3) is 5.87. The Labute approximate surface area is 223 Å². The summed E-state index contributed by atoms with van der Waals surface area (Å²) in [7, 11) is 0. The first-order valence-electron chi connectivity index (χ1n) is 13.1. The minimum Gasteiger partial charge on any atom is -0.373 e. The molecule has 2 saturated heterocycles. The molecule has 38 heavy (non-hydrogen) atoms. The van der Waals surface area contributed by atoms with Crippen LogP contribution in [0.2, 0.25) is 0 Å². The van der Waals surface area contributed by atoms with Gasteiger partial charge in [-0.3, -0.25) is 9.69 Å². The van der Waals surface area contributed by atoms with E-state index >= 15 is 0 Å². The maximum Gasteiger partial charge on any atom is 0.266 e. The van der Waals surface area contributed by atoms with Gasteiger partial charge in [-0.15, -0.1) is 0 Å². The van der Waals surface area contributed by atoms with Gasteiger partial charge in [0.1, 0.15) is 17.5 Å². The number of amides is 1. The Hall–Kier alpha value is -4.15. The van der Waals surface area contributed by atoms with Crippen LogP contribution in [0.3, 0.4) is 0 Å². The number of hydrogen-bond acceptors (Lipinski definition) is 5. The topological polar surface area (TPSA) is 53.8 Å². The summed E-state index contributed by atoms with van der Waals surface area (Å²) >= 11 is 0. The average molecular weight is 510 g/mol. The molecule has 7 heteroatoms. The fraction of sp³-hybridized carbons (Fsp3) is 0.290. The lowest BCUT2D eigenvalue weighted by Crippen LogP contribution is -2.50. The molecule has 0 saturated carbocycles. The van der Waals surface area contributed by atoms with Gasteiger partial charge in [-0.1, -0.05) is 60.7 Å². The van der Waals surface area contributed by atoms with Crippen molar-refractivity contribution in [1.29, 1.82) is 5.26 Å². The van der Waals surface area contributed by atoms with Crippen LogP contribution in [-0.4, -0.2) is 73.0 Å². The standard InChI is InChI=1S/C31H32FN5O/c32-28-11-13-29(14-12-28)35-17-15-34(16-18-35)24-27(23-33)31(38)37-21-19-36(20-22-37)30(25-7-3-1-4-8-25)26-9-5-2-6-10-26/h1-14,24,30H,15-22H2/b27-24-. The van der Waals surface area contributed by atoms with Crippen LogP contribution in [0.4, 0.5) is 10.1 Å². The predicted molar refractivity (Wildman–Crippen MR) is 147 cm³/mol. The molecule has 3 aromatic carbocycles. The van der Waals surface area contributed by atoms with Crippen molar-refractivity contribution < 1.29 is 9.18 Å². The lowest BCUT2D eigenvalue weighted by molar-refractivity contribution is -0.128. The molecule has 2 heterocycles. The summed E-state index contributed by atoms with van der Waals surface area (Å²) in [5.74, 6) is -0.451. The fourth-order valence-electron chi connectivity index (χ4n) is 5.31. The van der Waals surface area contributed by atoms with Gasteiger partial charge in [0, 0.05) is 64.2 Å². The minimum atomic E-state index is -0.246. The Morgan fingerprint density at radius 2 is 1.32 bits per heavy atom. The van der Waals surface area contributed by atoms with Crippen LogP contribution in [0.5, 0.6) is 0 Å². The molecule has 5 rings (SSSR count). The van der Waals surface area contributed by atoms with Crippen LogP contribution in [0.15, 0.2) is 96.7 Å². The lowest BCUT2D eigenvalue weighted by Gasteiger charge is -2.40. The van der Waals surface area contributed by atoms with Crippen LogP contribution in [0.1, 0.15) is 17.2 Å². The Kier molecular flexibility index (Phi) is 8.01. The molecule has 0 atom stereocenters. The third-order valence-corrected chi connectivity index (χ3v) is 7.37. The molecule has 6 nitrogen and oxygen atoms in total. The summed E-state index contributed by atoms with van der Waals surface area (Å²) in [5.41, 5.74) is 3.62. The average Bonchev–Trinajstić information content (AvgIpc) is 2.98. The zero-order valence-corrected chi connectivity index (χ0v) is 21.4. The number of carbonyl (C=O) groups is 1. The summed E-state index contributed by atoms with van der Waals surface area (Å²) in [6, 6.07) is 29.7. The number of piperazine rings is 2. The molecule has 1 amide bonds. The monoisotopic (exact) mass is 509 g/mol. The number of benzene rings is 3. The molecule has 0 radical (unpaired) electrons. The van der Waals surface area contributed by atoms with E-state index in [9.17, 15) is 14.4 Å². The van der Waals surface area contributed by atoms with E-state index in [2.05, 4.69) is 64.4 Å². The van der Waals surface area contributed by atoms with Crippen LogP contribution >= 0.6 is 0 Å². The Morgan fingerprint density at radius 3 is 1.84 bits per heavy atom. The quantitative estimate of drug-likeness (QED) is 0.367. The summed E-state index contributed by atoms with van der Waals surface area (Å²) < 4.78 is 13.2. The van der Waals surface area contributed by atoms with Gasteiger partial charge < -0.3 is 14.7 Å². The van der Waals surface area contributed by atoms with Crippen LogP contribution in [0.25, 0.3) is 0 Å². The van der Waals surface area contributed by atoms with Gasteiger partial charge in [0.15, 0.2) is 0 Å². The maximum atomic E-state index is 13.3. The number of carbonyl (C=O) groups excluding carboxylic acids is 1. The number of nitriles is 1. The molecule has 0 aromatic heterocycles. The van der Waals surface area contributed by atoms with Gasteiger partial charge in [-0.25, -0.2) is 4.39 Å². The Balaban J connectivity index is 1.20. The highest BCUT2D eigenvalue weighted by Crippen LogP contribution is 2.29. The maximum absolute atomic E-state index is 13.3. The lowest BCUT2D eigenvalue weighted by atomic mass is 9.96. The van der Waals surface area contributed by atoms with Crippen molar-refractivity contribution >= 4 is 11.6 Å². The number of nitrogens with zero attached hydrogens (tertiary/aromatic N) is 5. The molecular weight excluding hydrogens is 477 g/mol. The number of anilines is 1. The second kappa shape index (κ2) is 11.9. The van der Waals surface area contributed by atoms with Crippen LogP contribution in [-0.2, 0) is 4.79 Å². The SMILES string of the molecule is N#C/C(=C/N1CCN(c2ccc(F)cc2)CC1)C(=O)N1CCN(C(c2ccccc2)c2ccccc2)CC1. The molecule has 2 fully saturated rings. The zero-order chi connectivity index (χ0) is 26.3. The van der Waals surface area contributed by atoms with E-state index in [1.807, 2.05) is 17.0 Å². The summed E-state index contributed by atoms with van der Waals surface area (Å²) in [5, 5.41) is 9.80. The van der Waals surface area contributed by atoms with E-state index in [-0.39, 0.29) is 23.3 Å². The summed E-state index contributed by atoms with van der Waals surface area (Å²) in [6.07, 6.45) is 1.72. The number of halogens is 1. The van der Waals surface area contributed by atoms with Crippen LogP contribution < -0.4 is 4.90 Å². The molecule has 0 bridgehead atoms. The van der Waals surface area contributed by atoms with Gasteiger partial charge >= 0.3 is 0 Å². The molecule has 3 aromatic rings. The third-order valence-electron chi connectivity index (χ3n) is 7.37. The first-order valence-corrected chi connectivity index (χ1v) is 13.1. The van der Waals surface area contributed by atoms with Crippen molar-refractivity contribution in [2.45, 2.75) is 6.04 Å². The van der Waals surface area contributed by atoms with Crippen molar-refractivity contribution in [3.63, 3.8) is 0 Å². The van der Waals surface area contributed by atoms with Gasteiger partial charge in [0.25, 0.3) is 5.91 Å². The normalized spacial score (nSPS) is 17.0. The highest BCUT2D eigenvalue weighted by molar-refractivity contribution is 5.97. The molecule has 0 aliphatic carbocycles. The Morgan fingerprint density at radius 1 is 0.763 bits per heavy atom. The number of rotatable bonds is 6. The predicted octanol–water partition coefficient (Wildman–Crippen LogP) is 4.29. The summed E-state index contributed by atoms with van der Waals surface area (Å²) in [6.45, 7) is 5.49. The fourth-order valence-corrected chi connectivity index (χ4v) is 5.31. The van der Waals surface area contributed by atoms with E-state index < -0.39 is 0 Å². The van der Waals surface area contributed by atoms with E-state index in [4.69, 9.17) is 0 Å². The van der Waals surface area contributed by atoms with Crippen molar-refractivity contribution in [3.05, 3.63) is 114 Å².